The SMILES string of the molecule is CN1N=C(C(=O)N2CCN(c3cc(C#N)ccn3)CC2)CCC1=O. The number of nitrogens with zero attached hydrogens (tertiary/aromatic N) is 6. The first-order valence-corrected chi connectivity index (χ1v) is 7.83. The molecule has 0 bridgehead atoms. The van der Waals surface area contributed by atoms with E-state index in [4.69, 9.17) is 5.26 Å². The molecule has 3 rings (SSSR count). The van der Waals surface area contributed by atoms with E-state index in [9.17, 15) is 9.59 Å². The van der Waals surface area contributed by atoms with E-state index in [1.54, 1.807) is 30.3 Å². The van der Waals surface area contributed by atoms with Crippen molar-refractivity contribution >= 4 is 23.3 Å². The second-order valence-corrected chi connectivity index (χ2v) is 5.76. The lowest BCUT2D eigenvalue weighted by Crippen LogP contribution is -2.51. The van der Waals surface area contributed by atoms with Crippen LogP contribution in [-0.2, 0) is 9.59 Å². The van der Waals surface area contributed by atoms with Crippen LogP contribution in [0.3, 0.4) is 0 Å². The van der Waals surface area contributed by atoms with E-state index in [-0.39, 0.29) is 11.8 Å². The summed E-state index contributed by atoms with van der Waals surface area (Å²) in [6, 6.07) is 5.53. The molecule has 8 nitrogen and oxygen atoms in total. The van der Waals surface area contributed by atoms with Crippen LogP contribution in [0.5, 0.6) is 0 Å². The van der Waals surface area contributed by atoms with Crippen molar-refractivity contribution in [1.82, 2.24) is 14.9 Å². The van der Waals surface area contributed by atoms with Gasteiger partial charge in [-0.25, -0.2) is 9.99 Å². The van der Waals surface area contributed by atoms with Gasteiger partial charge in [-0.3, -0.25) is 9.59 Å². The van der Waals surface area contributed by atoms with Crippen LogP contribution in [-0.4, -0.2) is 65.6 Å². The summed E-state index contributed by atoms with van der Waals surface area (Å²) >= 11 is 0. The Labute approximate surface area is 140 Å². The molecule has 0 spiro atoms. The summed E-state index contributed by atoms with van der Waals surface area (Å²) in [7, 11) is 1.57. The Morgan fingerprint density at radius 2 is 2.00 bits per heavy atom. The summed E-state index contributed by atoms with van der Waals surface area (Å²) in [4.78, 5) is 32.1. The predicted octanol–water partition coefficient (Wildman–Crippen LogP) is 0.210. The highest BCUT2D eigenvalue weighted by Crippen LogP contribution is 2.16. The number of amides is 2. The minimum absolute atomic E-state index is 0.0696. The van der Waals surface area contributed by atoms with Crippen molar-refractivity contribution in [3.63, 3.8) is 0 Å². The van der Waals surface area contributed by atoms with Crippen molar-refractivity contribution in [2.24, 2.45) is 5.10 Å². The van der Waals surface area contributed by atoms with Gasteiger partial charge in [0, 0.05) is 52.3 Å². The quantitative estimate of drug-likeness (QED) is 0.774. The Bertz CT molecular complexity index is 730. The standard InChI is InChI=1S/C16H18N6O2/c1-20-15(23)3-2-13(19-20)16(24)22-8-6-21(7-9-22)14-10-12(11-17)4-5-18-14/h4-5,10H,2-3,6-9H2,1H3. The minimum Gasteiger partial charge on any atom is -0.353 e. The molecule has 0 radical (unpaired) electrons. The predicted molar refractivity (Wildman–Crippen MR) is 87.2 cm³/mol. The van der Waals surface area contributed by atoms with Gasteiger partial charge in [0.2, 0.25) is 5.91 Å². The largest absolute Gasteiger partial charge is 0.353 e. The van der Waals surface area contributed by atoms with Crippen LogP contribution in [0.25, 0.3) is 0 Å². The summed E-state index contributed by atoms with van der Waals surface area (Å²) in [5.41, 5.74) is 1.01. The molecule has 2 aliphatic heterocycles. The summed E-state index contributed by atoms with van der Waals surface area (Å²) in [6.07, 6.45) is 2.34. The van der Waals surface area contributed by atoms with E-state index in [0.29, 0.717) is 50.3 Å². The monoisotopic (exact) mass is 326 g/mol. The molecular formula is C16H18N6O2. The molecule has 8 heteroatoms. The first-order chi connectivity index (χ1) is 11.6. The fourth-order valence-corrected chi connectivity index (χ4v) is 2.81. The van der Waals surface area contributed by atoms with Crippen molar-refractivity contribution in [2.75, 3.05) is 38.1 Å². The van der Waals surface area contributed by atoms with Gasteiger partial charge in [-0.15, -0.1) is 0 Å². The third-order valence-electron chi connectivity index (χ3n) is 4.22. The highest BCUT2D eigenvalue weighted by molar-refractivity contribution is 6.39. The normalized spacial score (nSPS) is 18.2. The van der Waals surface area contributed by atoms with Crippen LogP contribution in [0.4, 0.5) is 5.82 Å². The Balaban J connectivity index is 1.63. The number of carbonyl (C=O) groups excluding carboxylic acids is 2. The molecule has 0 N–H and O–H groups in total. The molecule has 2 amide bonds. The second kappa shape index (κ2) is 6.66. The Kier molecular flexibility index (Phi) is 4.42. The van der Waals surface area contributed by atoms with E-state index in [1.807, 2.05) is 0 Å². The van der Waals surface area contributed by atoms with Crippen LogP contribution in [0.15, 0.2) is 23.4 Å². The zero-order valence-corrected chi connectivity index (χ0v) is 13.5. The Morgan fingerprint density at radius 3 is 2.67 bits per heavy atom. The number of piperazine rings is 1. The number of hydrogen-bond donors (Lipinski definition) is 0. The summed E-state index contributed by atoms with van der Waals surface area (Å²) in [5.74, 6) is 0.578. The lowest BCUT2D eigenvalue weighted by atomic mass is 10.1. The molecule has 0 aliphatic carbocycles. The summed E-state index contributed by atoms with van der Waals surface area (Å²) in [5, 5.41) is 14.3. The van der Waals surface area contributed by atoms with E-state index in [0.717, 1.165) is 5.82 Å². The van der Waals surface area contributed by atoms with E-state index in [2.05, 4.69) is 21.1 Å². The van der Waals surface area contributed by atoms with Gasteiger partial charge in [0.1, 0.15) is 11.5 Å². The van der Waals surface area contributed by atoms with Crippen LogP contribution in [0, 0.1) is 11.3 Å². The number of aromatic nitrogens is 1. The average molecular weight is 326 g/mol. The topological polar surface area (TPSA) is 92.9 Å². The van der Waals surface area contributed by atoms with Crippen molar-refractivity contribution in [3.8, 4) is 6.07 Å². The van der Waals surface area contributed by atoms with Crippen molar-refractivity contribution in [3.05, 3.63) is 23.9 Å². The van der Waals surface area contributed by atoms with Gasteiger partial charge in [0.15, 0.2) is 0 Å². The van der Waals surface area contributed by atoms with Gasteiger partial charge in [-0.1, -0.05) is 0 Å². The third-order valence-corrected chi connectivity index (χ3v) is 4.22. The molecule has 1 fully saturated rings. The number of rotatable bonds is 2. The first-order valence-electron chi connectivity index (χ1n) is 7.83. The second-order valence-electron chi connectivity index (χ2n) is 5.76. The molecule has 3 heterocycles. The molecule has 1 aromatic rings. The molecule has 2 aliphatic rings. The van der Waals surface area contributed by atoms with Crippen molar-refractivity contribution in [2.45, 2.75) is 12.8 Å². The van der Waals surface area contributed by atoms with Gasteiger partial charge >= 0.3 is 0 Å². The minimum atomic E-state index is -0.104. The van der Waals surface area contributed by atoms with Crippen LogP contribution >= 0.6 is 0 Å². The smallest absolute Gasteiger partial charge is 0.270 e. The highest BCUT2D eigenvalue weighted by atomic mass is 16.2. The van der Waals surface area contributed by atoms with Gasteiger partial charge in [0.05, 0.1) is 11.6 Å². The van der Waals surface area contributed by atoms with E-state index < -0.39 is 0 Å². The molecule has 124 valence electrons. The molecule has 0 aromatic carbocycles. The maximum absolute atomic E-state index is 12.5. The molecule has 0 unspecified atom stereocenters. The third kappa shape index (κ3) is 3.20. The average Bonchev–Trinajstić information content (AvgIpc) is 2.63. The van der Waals surface area contributed by atoms with Gasteiger partial charge < -0.3 is 9.80 Å². The van der Waals surface area contributed by atoms with E-state index >= 15 is 0 Å². The fourth-order valence-electron chi connectivity index (χ4n) is 2.81. The highest BCUT2D eigenvalue weighted by Gasteiger charge is 2.28. The van der Waals surface area contributed by atoms with Gasteiger partial charge in [0.25, 0.3) is 5.91 Å². The fraction of sp³-hybridized carbons (Fsp3) is 0.438. The van der Waals surface area contributed by atoms with E-state index in [1.165, 1.54) is 5.01 Å². The molecule has 0 atom stereocenters. The molecular weight excluding hydrogens is 308 g/mol. The number of hydrogen-bond acceptors (Lipinski definition) is 6. The zero-order chi connectivity index (χ0) is 17.1. The Morgan fingerprint density at radius 1 is 1.25 bits per heavy atom. The molecule has 1 saturated heterocycles. The maximum Gasteiger partial charge on any atom is 0.270 e. The van der Waals surface area contributed by atoms with Crippen LogP contribution < -0.4 is 4.90 Å². The van der Waals surface area contributed by atoms with Gasteiger partial charge in [-0.05, 0) is 12.1 Å². The van der Waals surface area contributed by atoms with Crippen molar-refractivity contribution in [1.29, 1.82) is 5.26 Å². The first kappa shape index (κ1) is 15.9. The number of nitriles is 1. The molecule has 24 heavy (non-hydrogen) atoms. The number of carbonyl (C=O) groups is 2. The lowest BCUT2D eigenvalue weighted by molar-refractivity contribution is -0.130. The van der Waals surface area contributed by atoms with Crippen molar-refractivity contribution < 1.29 is 9.59 Å². The number of pyridine rings is 1. The Hall–Kier alpha value is -2.95. The lowest BCUT2D eigenvalue weighted by Gasteiger charge is -2.36. The number of hydrazone groups is 1. The van der Waals surface area contributed by atoms with Crippen LogP contribution in [0.2, 0.25) is 0 Å². The van der Waals surface area contributed by atoms with Crippen LogP contribution in [0.1, 0.15) is 18.4 Å². The maximum atomic E-state index is 12.5. The summed E-state index contributed by atoms with van der Waals surface area (Å²) < 4.78 is 0. The summed E-state index contributed by atoms with van der Waals surface area (Å²) in [6.45, 7) is 2.42. The van der Waals surface area contributed by atoms with Gasteiger partial charge in [-0.2, -0.15) is 10.4 Å². The molecule has 1 aromatic heterocycles. The molecule has 0 saturated carbocycles. The number of anilines is 1. The zero-order valence-electron chi connectivity index (χ0n) is 13.5.